The van der Waals surface area contributed by atoms with E-state index < -0.39 is 6.29 Å². The van der Waals surface area contributed by atoms with Crippen LogP contribution in [0.5, 0.6) is 11.5 Å². The van der Waals surface area contributed by atoms with Gasteiger partial charge >= 0.3 is 6.29 Å². The molecule has 0 bridgehead atoms. The highest BCUT2D eigenvalue weighted by Gasteiger charge is 2.43. The molecule has 88 valence electrons. The summed E-state index contributed by atoms with van der Waals surface area (Å²) in [6.45, 7) is 0. The first-order chi connectivity index (χ1) is 8.05. The van der Waals surface area contributed by atoms with Crippen molar-refractivity contribution >= 4 is 5.95 Å². The van der Waals surface area contributed by atoms with Gasteiger partial charge in [-0.3, -0.25) is 0 Å². The minimum absolute atomic E-state index is 0.0376. The second-order valence-electron chi connectivity index (χ2n) is 3.25. The zero-order chi connectivity index (χ0) is 12.0. The van der Waals surface area contributed by atoms with Gasteiger partial charge < -0.3 is 15.2 Å². The molecule has 7 nitrogen and oxygen atoms in total. The van der Waals surface area contributed by atoms with Crippen molar-refractivity contribution in [3.63, 3.8) is 0 Å². The molecular formula is C8H5F2N5O2. The van der Waals surface area contributed by atoms with Crippen molar-refractivity contribution in [2.24, 2.45) is 0 Å². The van der Waals surface area contributed by atoms with Gasteiger partial charge in [-0.1, -0.05) is 5.10 Å². The Kier molecular flexibility index (Phi) is 1.74. The molecule has 1 aliphatic rings. The number of nitrogens with two attached hydrogens (primary N) is 1. The number of aromatic nitrogens is 4. The van der Waals surface area contributed by atoms with Crippen LogP contribution in [0, 0.1) is 0 Å². The molecule has 0 spiro atoms. The lowest BCUT2D eigenvalue weighted by Crippen LogP contribution is -2.25. The number of ether oxygens (including phenoxy) is 2. The highest BCUT2D eigenvalue weighted by atomic mass is 19.3. The molecule has 3 rings (SSSR count). The fraction of sp³-hybridized carbons (Fsp3) is 0.125. The molecule has 17 heavy (non-hydrogen) atoms. The zero-order valence-electron chi connectivity index (χ0n) is 8.17. The third-order valence-electron chi connectivity index (χ3n) is 2.12. The summed E-state index contributed by atoms with van der Waals surface area (Å²) in [5.74, 6) is -0.108. The van der Waals surface area contributed by atoms with Crippen LogP contribution in [-0.4, -0.2) is 26.5 Å². The lowest BCUT2D eigenvalue weighted by molar-refractivity contribution is -0.286. The van der Waals surface area contributed by atoms with Crippen molar-refractivity contribution in [1.82, 2.24) is 20.2 Å². The van der Waals surface area contributed by atoms with E-state index >= 15 is 0 Å². The Labute approximate surface area is 92.7 Å². The van der Waals surface area contributed by atoms with Gasteiger partial charge in [-0.05, 0) is 22.6 Å². The molecule has 0 atom stereocenters. The molecule has 0 saturated heterocycles. The van der Waals surface area contributed by atoms with Gasteiger partial charge in [0, 0.05) is 6.07 Å². The Morgan fingerprint density at radius 1 is 1.24 bits per heavy atom. The monoisotopic (exact) mass is 241 g/mol. The van der Waals surface area contributed by atoms with Gasteiger partial charge in [0.25, 0.3) is 0 Å². The molecule has 1 aliphatic heterocycles. The van der Waals surface area contributed by atoms with Crippen molar-refractivity contribution in [3.8, 4) is 17.2 Å². The summed E-state index contributed by atoms with van der Waals surface area (Å²) in [5.41, 5.74) is 5.87. The van der Waals surface area contributed by atoms with Crippen LogP contribution in [0.1, 0.15) is 0 Å². The topological polar surface area (TPSA) is 88.1 Å². The number of halogens is 2. The van der Waals surface area contributed by atoms with E-state index in [0.29, 0.717) is 5.69 Å². The number of nitrogens with zero attached hydrogens (tertiary/aromatic N) is 4. The standard InChI is InChI=1S/C8H5F2N5O2/c9-8(10)16-5-2-1-4(3-6(5)17-8)15-7(11)12-13-14-15/h1-3H,(H2,11,12,14). The maximum Gasteiger partial charge on any atom is 0.586 e. The largest absolute Gasteiger partial charge is 0.586 e. The minimum Gasteiger partial charge on any atom is -0.395 e. The Morgan fingerprint density at radius 3 is 2.71 bits per heavy atom. The maximum atomic E-state index is 12.8. The van der Waals surface area contributed by atoms with E-state index in [1.807, 2.05) is 0 Å². The van der Waals surface area contributed by atoms with Crippen molar-refractivity contribution in [2.75, 3.05) is 5.73 Å². The van der Waals surface area contributed by atoms with Crippen LogP contribution < -0.4 is 15.2 Å². The lowest BCUT2D eigenvalue weighted by Gasteiger charge is -2.04. The zero-order valence-corrected chi connectivity index (χ0v) is 8.17. The molecule has 0 radical (unpaired) electrons. The number of rotatable bonds is 1. The number of tetrazole rings is 1. The summed E-state index contributed by atoms with van der Waals surface area (Å²) in [7, 11) is 0. The Morgan fingerprint density at radius 2 is 2.00 bits per heavy atom. The predicted molar refractivity (Wildman–Crippen MR) is 49.8 cm³/mol. The van der Waals surface area contributed by atoms with E-state index in [1.165, 1.54) is 22.9 Å². The number of anilines is 1. The lowest BCUT2D eigenvalue weighted by atomic mass is 10.3. The van der Waals surface area contributed by atoms with Crippen LogP contribution in [0.4, 0.5) is 14.7 Å². The van der Waals surface area contributed by atoms with Crippen LogP contribution in [0.2, 0.25) is 0 Å². The van der Waals surface area contributed by atoms with E-state index in [2.05, 4.69) is 25.0 Å². The number of fused-ring (bicyclic) bond motifs is 1. The van der Waals surface area contributed by atoms with Crippen LogP contribution in [0.25, 0.3) is 5.69 Å². The van der Waals surface area contributed by atoms with Crippen molar-refractivity contribution in [3.05, 3.63) is 18.2 Å². The highest BCUT2D eigenvalue weighted by Crippen LogP contribution is 2.41. The Bertz CT molecular complexity index is 585. The van der Waals surface area contributed by atoms with Gasteiger partial charge in [0.2, 0.25) is 5.95 Å². The second kappa shape index (κ2) is 3.03. The van der Waals surface area contributed by atoms with Gasteiger partial charge in [0.15, 0.2) is 11.5 Å². The Hall–Kier alpha value is -2.45. The molecule has 0 fully saturated rings. The molecule has 0 aliphatic carbocycles. The quantitative estimate of drug-likeness (QED) is 0.785. The fourth-order valence-electron chi connectivity index (χ4n) is 1.45. The van der Waals surface area contributed by atoms with Gasteiger partial charge in [0.05, 0.1) is 5.69 Å². The number of hydrogen-bond donors (Lipinski definition) is 1. The number of alkyl halides is 2. The Balaban J connectivity index is 2.05. The van der Waals surface area contributed by atoms with Gasteiger partial charge in [-0.25, -0.2) is 0 Å². The third-order valence-corrected chi connectivity index (χ3v) is 2.12. The fourth-order valence-corrected chi connectivity index (χ4v) is 1.45. The van der Waals surface area contributed by atoms with Crippen LogP contribution in [0.3, 0.4) is 0 Å². The van der Waals surface area contributed by atoms with E-state index in [1.54, 1.807) is 0 Å². The van der Waals surface area contributed by atoms with Crippen LogP contribution in [-0.2, 0) is 0 Å². The molecule has 9 heteroatoms. The first-order valence-corrected chi connectivity index (χ1v) is 4.49. The van der Waals surface area contributed by atoms with Crippen LogP contribution in [0.15, 0.2) is 18.2 Å². The average Bonchev–Trinajstić information content (AvgIpc) is 2.78. The van der Waals surface area contributed by atoms with Gasteiger partial charge in [-0.2, -0.15) is 4.68 Å². The van der Waals surface area contributed by atoms with Crippen molar-refractivity contribution in [1.29, 1.82) is 0 Å². The molecule has 2 N–H and O–H groups in total. The summed E-state index contributed by atoms with van der Waals surface area (Å²) >= 11 is 0. The van der Waals surface area contributed by atoms with E-state index in [-0.39, 0.29) is 17.4 Å². The highest BCUT2D eigenvalue weighted by molar-refractivity contribution is 5.51. The summed E-state index contributed by atoms with van der Waals surface area (Å²) in [4.78, 5) is 0. The van der Waals surface area contributed by atoms with E-state index in [4.69, 9.17) is 5.73 Å². The first kappa shape index (κ1) is 9.75. The number of nitrogen functional groups attached to an aromatic ring is 1. The molecule has 2 heterocycles. The van der Waals surface area contributed by atoms with Crippen molar-refractivity contribution < 1.29 is 18.3 Å². The molecule has 0 unspecified atom stereocenters. The SMILES string of the molecule is Nc1nnnn1-c1ccc2c(c1)OC(F)(F)O2. The van der Waals surface area contributed by atoms with Gasteiger partial charge in [-0.15, -0.1) is 8.78 Å². The summed E-state index contributed by atoms with van der Waals surface area (Å²) in [6, 6.07) is 4.12. The minimum atomic E-state index is -3.65. The number of hydrogen-bond acceptors (Lipinski definition) is 6. The predicted octanol–water partition coefficient (Wildman–Crippen LogP) is 0.566. The normalized spacial score (nSPS) is 16.1. The summed E-state index contributed by atoms with van der Waals surface area (Å²) in [6.07, 6.45) is -3.65. The van der Waals surface area contributed by atoms with Crippen molar-refractivity contribution in [2.45, 2.75) is 6.29 Å². The molecule has 2 aromatic rings. The van der Waals surface area contributed by atoms with E-state index in [0.717, 1.165) is 0 Å². The summed E-state index contributed by atoms with van der Waals surface area (Å²) in [5, 5.41) is 10.4. The third kappa shape index (κ3) is 1.51. The first-order valence-electron chi connectivity index (χ1n) is 4.49. The molecule has 1 aromatic carbocycles. The molecular weight excluding hydrogens is 236 g/mol. The number of benzene rings is 1. The average molecular weight is 241 g/mol. The smallest absolute Gasteiger partial charge is 0.395 e. The molecule has 0 amide bonds. The second-order valence-corrected chi connectivity index (χ2v) is 3.25. The van der Waals surface area contributed by atoms with Crippen LogP contribution >= 0.6 is 0 Å². The molecule has 1 aromatic heterocycles. The van der Waals surface area contributed by atoms with E-state index in [9.17, 15) is 8.78 Å². The molecule has 0 saturated carbocycles. The summed E-state index contributed by atoms with van der Waals surface area (Å²) < 4.78 is 35.3. The van der Waals surface area contributed by atoms with Gasteiger partial charge in [0.1, 0.15) is 0 Å². The maximum absolute atomic E-state index is 12.8.